The van der Waals surface area contributed by atoms with Gasteiger partial charge in [-0.2, -0.15) is 0 Å². The first-order valence-corrected chi connectivity index (χ1v) is 8.12. The standard InChI is InChI=1S/C19H16BrNO2/c20-17-8-6-15(7-9-17)13-21-11-10-18(12-19(21)22)23-14-16-4-2-1-3-5-16/h1-12H,13-14H2. The maximum atomic E-state index is 12.2. The Labute approximate surface area is 143 Å². The van der Waals surface area contributed by atoms with Crippen LogP contribution in [0.1, 0.15) is 11.1 Å². The van der Waals surface area contributed by atoms with Crippen molar-refractivity contribution in [3.05, 3.63) is 98.9 Å². The van der Waals surface area contributed by atoms with E-state index in [-0.39, 0.29) is 5.56 Å². The van der Waals surface area contributed by atoms with Gasteiger partial charge in [0.15, 0.2) is 0 Å². The van der Waals surface area contributed by atoms with Crippen molar-refractivity contribution in [1.82, 2.24) is 4.57 Å². The second-order valence-electron chi connectivity index (χ2n) is 5.23. The fourth-order valence-electron chi connectivity index (χ4n) is 2.24. The molecule has 0 N–H and O–H groups in total. The molecule has 23 heavy (non-hydrogen) atoms. The van der Waals surface area contributed by atoms with Crippen LogP contribution in [0, 0.1) is 0 Å². The number of pyridine rings is 1. The van der Waals surface area contributed by atoms with Gasteiger partial charge in [0.2, 0.25) is 0 Å². The fraction of sp³-hybridized carbons (Fsp3) is 0.105. The van der Waals surface area contributed by atoms with Gasteiger partial charge in [-0.25, -0.2) is 0 Å². The highest BCUT2D eigenvalue weighted by Gasteiger charge is 2.02. The van der Waals surface area contributed by atoms with Crippen LogP contribution in [0.2, 0.25) is 0 Å². The normalized spacial score (nSPS) is 10.5. The molecule has 0 aliphatic rings. The fourth-order valence-corrected chi connectivity index (χ4v) is 2.50. The summed E-state index contributed by atoms with van der Waals surface area (Å²) in [4.78, 5) is 12.2. The molecule has 116 valence electrons. The lowest BCUT2D eigenvalue weighted by molar-refractivity contribution is 0.305. The monoisotopic (exact) mass is 369 g/mol. The summed E-state index contributed by atoms with van der Waals surface area (Å²) in [6.45, 7) is 1.00. The SMILES string of the molecule is O=c1cc(OCc2ccccc2)ccn1Cc1ccc(Br)cc1. The molecule has 1 aromatic heterocycles. The molecule has 0 amide bonds. The molecule has 4 heteroatoms. The molecule has 3 aromatic rings. The molecule has 2 aromatic carbocycles. The predicted molar refractivity (Wildman–Crippen MR) is 94.7 cm³/mol. The van der Waals surface area contributed by atoms with E-state index in [0.29, 0.717) is 18.9 Å². The van der Waals surface area contributed by atoms with Crippen LogP contribution in [0.5, 0.6) is 5.75 Å². The summed E-state index contributed by atoms with van der Waals surface area (Å²) >= 11 is 3.41. The third-order valence-corrected chi connectivity index (χ3v) is 4.01. The Morgan fingerprint density at radius 3 is 2.35 bits per heavy atom. The number of halogens is 1. The summed E-state index contributed by atoms with van der Waals surface area (Å²) in [5.41, 5.74) is 2.08. The minimum Gasteiger partial charge on any atom is -0.489 e. The van der Waals surface area contributed by atoms with E-state index < -0.39 is 0 Å². The van der Waals surface area contributed by atoms with Crippen molar-refractivity contribution >= 4 is 15.9 Å². The van der Waals surface area contributed by atoms with Crippen LogP contribution in [-0.4, -0.2) is 4.57 Å². The Morgan fingerprint density at radius 2 is 1.65 bits per heavy atom. The van der Waals surface area contributed by atoms with E-state index in [2.05, 4.69) is 15.9 Å². The first-order valence-electron chi connectivity index (χ1n) is 7.32. The number of rotatable bonds is 5. The van der Waals surface area contributed by atoms with E-state index >= 15 is 0 Å². The lowest BCUT2D eigenvalue weighted by Gasteiger charge is -2.09. The minimum atomic E-state index is -0.0709. The van der Waals surface area contributed by atoms with Crippen LogP contribution < -0.4 is 10.3 Å². The molecular formula is C19H16BrNO2. The van der Waals surface area contributed by atoms with Crippen molar-refractivity contribution in [1.29, 1.82) is 0 Å². The van der Waals surface area contributed by atoms with Crippen LogP contribution in [0.25, 0.3) is 0 Å². The minimum absolute atomic E-state index is 0.0709. The van der Waals surface area contributed by atoms with Gasteiger partial charge in [0.25, 0.3) is 5.56 Å². The summed E-state index contributed by atoms with van der Waals surface area (Å²) in [7, 11) is 0. The van der Waals surface area contributed by atoms with Crippen molar-refractivity contribution in [3.63, 3.8) is 0 Å². The third-order valence-electron chi connectivity index (χ3n) is 3.48. The zero-order valence-electron chi connectivity index (χ0n) is 12.5. The molecular weight excluding hydrogens is 354 g/mol. The summed E-state index contributed by atoms with van der Waals surface area (Å²) < 4.78 is 8.37. The quantitative estimate of drug-likeness (QED) is 0.673. The molecule has 0 aliphatic heterocycles. The van der Waals surface area contributed by atoms with Crippen molar-refractivity contribution in [2.24, 2.45) is 0 Å². The van der Waals surface area contributed by atoms with E-state index in [1.807, 2.05) is 60.7 Å². The maximum Gasteiger partial charge on any atom is 0.254 e. The number of hydrogen-bond donors (Lipinski definition) is 0. The van der Waals surface area contributed by atoms with Gasteiger partial charge in [0.05, 0.1) is 6.54 Å². The van der Waals surface area contributed by atoms with Gasteiger partial charge in [0, 0.05) is 16.7 Å². The van der Waals surface area contributed by atoms with Gasteiger partial charge >= 0.3 is 0 Å². The Kier molecular flexibility index (Phi) is 4.93. The number of ether oxygens (including phenoxy) is 1. The van der Waals surface area contributed by atoms with Gasteiger partial charge in [-0.1, -0.05) is 58.4 Å². The molecule has 0 fully saturated rings. The van der Waals surface area contributed by atoms with E-state index in [4.69, 9.17) is 4.74 Å². The van der Waals surface area contributed by atoms with Crippen LogP contribution in [0.15, 0.2) is 82.2 Å². The lowest BCUT2D eigenvalue weighted by atomic mass is 10.2. The summed E-state index contributed by atoms with van der Waals surface area (Å²) in [6, 6.07) is 21.2. The summed E-state index contributed by atoms with van der Waals surface area (Å²) in [5.74, 6) is 0.589. The topological polar surface area (TPSA) is 31.2 Å². The van der Waals surface area contributed by atoms with Crippen molar-refractivity contribution in [2.75, 3.05) is 0 Å². The predicted octanol–water partition coefficient (Wildman–Crippen LogP) is 4.24. The third kappa shape index (κ3) is 4.33. The molecule has 0 saturated carbocycles. The molecule has 0 aliphatic carbocycles. The zero-order valence-corrected chi connectivity index (χ0v) is 14.1. The molecule has 0 atom stereocenters. The van der Waals surface area contributed by atoms with Crippen molar-refractivity contribution in [2.45, 2.75) is 13.2 Å². The van der Waals surface area contributed by atoms with E-state index in [9.17, 15) is 4.79 Å². The average Bonchev–Trinajstić information content (AvgIpc) is 2.58. The smallest absolute Gasteiger partial charge is 0.254 e. The van der Waals surface area contributed by atoms with Crippen molar-refractivity contribution in [3.8, 4) is 5.75 Å². The Balaban J connectivity index is 1.68. The highest BCUT2D eigenvalue weighted by atomic mass is 79.9. The Hall–Kier alpha value is -2.33. The molecule has 3 nitrogen and oxygen atoms in total. The van der Waals surface area contributed by atoms with E-state index in [1.54, 1.807) is 10.8 Å². The highest BCUT2D eigenvalue weighted by molar-refractivity contribution is 9.10. The van der Waals surface area contributed by atoms with Crippen LogP contribution >= 0.6 is 15.9 Å². The average molecular weight is 370 g/mol. The van der Waals surface area contributed by atoms with Crippen LogP contribution in [-0.2, 0) is 13.2 Å². The lowest BCUT2D eigenvalue weighted by Crippen LogP contribution is -2.19. The van der Waals surface area contributed by atoms with Gasteiger partial charge in [-0.05, 0) is 29.3 Å². The second-order valence-corrected chi connectivity index (χ2v) is 6.14. The summed E-state index contributed by atoms with van der Waals surface area (Å²) in [6.07, 6.45) is 1.77. The van der Waals surface area contributed by atoms with Gasteiger partial charge in [-0.3, -0.25) is 4.79 Å². The molecule has 3 rings (SSSR count). The number of benzene rings is 2. The Bertz CT molecular complexity index is 826. The first kappa shape index (κ1) is 15.6. The molecule has 1 heterocycles. The first-order chi connectivity index (χ1) is 11.2. The second kappa shape index (κ2) is 7.29. The van der Waals surface area contributed by atoms with Gasteiger partial charge in [0.1, 0.15) is 12.4 Å². The highest BCUT2D eigenvalue weighted by Crippen LogP contribution is 2.13. The molecule has 0 unspecified atom stereocenters. The van der Waals surface area contributed by atoms with Crippen LogP contribution in [0.3, 0.4) is 0 Å². The summed E-state index contributed by atoms with van der Waals surface area (Å²) in [5, 5.41) is 0. The number of aromatic nitrogens is 1. The van der Waals surface area contributed by atoms with E-state index in [1.165, 1.54) is 6.07 Å². The number of nitrogens with zero attached hydrogens (tertiary/aromatic N) is 1. The van der Waals surface area contributed by atoms with Gasteiger partial charge in [-0.15, -0.1) is 0 Å². The Morgan fingerprint density at radius 1 is 0.913 bits per heavy atom. The molecule has 0 saturated heterocycles. The maximum absolute atomic E-state index is 12.2. The zero-order chi connectivity index (χ0) is 16.1. The van der Waals surface area contributed by atoms with E-state index in [0.717, 1.165) is 15.6 Å². The molecule has 0 radical (unpaired) electrons. The largest absolute Gasteiger partial charge is 0.489 e. The number of hydrogen-bond acceptors (Lipinski definition) is 2. The molecule has 0 bridgehead atoms. The van der Waals surface area contributed by atoms with Gasteiger partial charge < -0.3 is 9.30 Å². The van der Waals surface area contributed by atoms with Crippen LogP contribution in [0.4, 0.5) is 0 Å². The van der Waals surface area contributed by atoms with Crippen molar-refractivity contribution < 1.29 is 4.74 Å². The molecule has 0 spiro atoms.